The van der Waals surface area contributed by atoms with Crippen LogP contribution in [0.15, 0.2) is 57.4 Å². The van der Waals surface area contributed by atoms with Crippen LogP contribution in [0.4, 0.5) is 0 Å². The summed E-state index contributed by atoms with van der Waals surface area (Å²) in [6.45, 7) is 3.46. The van der Waals surface area contributed by atoms with Crippen LogP contribution in [0.2, 0.25) is 0 Å². The fourth-order valence-corrected chi connectivity index (χ4v) is 4.34. The molecule has 0 aliphatic rings. The second-order valence-corrected chi connectivity index (χ2v) is 8.58. The minimum atomic E-state index is -0.0306. The molecule has 0 aliphatic carbocycles. The molecule has 9 nitrogen and oxygen atoms in total. The summed E-state index contributed by atoms with van der Waals surface area (Å²) >= 11 is 2.85. The molecule has 1 amide bonds. The van der Waals surface area contributed by atoms with Crippen molar-refractivity contribution < 1.29 is 9.21 Å². The molecule has 0 radical (unpaired) electrons. The Kier molecular flexibility index (Phi) is 7.05. The van der Waals surface area contributed by atoms with Gasteiger partial charge in [-0.15, -0.1) is 26.6 Å². The van der Waals surface area contributed by atoms with Crippen LogP contribution in [0.5, 0.6) is 0 Å². The third kappa shape index (κ3) is 5.56. The van der Waals surface area contributed by atoms with Crippen LogP contribution < -0.4 is 0 Å². The third-order valence-corrected chi connectivity index (χ3v) is 6.17. The van der Waals surface area contributed by atoms with Gasteiger partial charge in [-0.1, -0.05) is 55.1 Å². The zero-order valence-corrected chi connectivity index (χ0v) is 18.6. The smallest absolute Gasteiger partial charge is 0.257 e. The largest absolute Gasteiger partial charge is 0.418 e. The van der Waals surface area contributed by atoms with Gasteiger partial charge in [-0.3, -0.25) is 4.79 Å². The van der Waals surface area contributed by atoms with Gasteiger partial charge in [-0.2, -0.15) is 0 Å². The lowest BCUT2D eigenvalue weighted by molar-refractivity contribution is -0.129. The number of thioether (sulfide) groups is 1. The van der Waals surface area contributed by atoms with Gasteiger partial charge in [0.05, 0.1) is 23.7 Å². The Bertz CT molecular complexity index is 1100. The fraction of sp³-hybridized carbons (Fsp3) is 0.300. The summed E-state index contributed by atoms with van der Waals surface area (Å²) in [6.07, 6.45) is 0.827. The molecule has 0 spiro atoms. The highest BCUT2D eigenvalue weighted by molar-refractivity contribution is 7.99. The van der Waals surface area contributed by atoms with Crippen molar-refractivity contribution in [2.75, 3.05) is 12.3 Å². The summed E-state index contributed by atoms with van der Waals surface area (Å²) in [6, 6.07) is 13.8. The topological polar surface area (TPSA) is 103 Å². The monoisotopic (exact) mass is 455 g/mol. The summed E-state index contributed by atoms with van der Waals surface area (Å²) in [5.74, 6) is 1.09. The number of amides is 1. The van der Waals surface area contributed by atoms with Gasteiger partial charge in [-0.25, -0.2) is 4.68 Å². The van der Waals surface area contributed by atoms with E-state index < -0.39 is 0 Å². The van der Waals surface area contributed by atoms with E-state index in [9.17, 15) is 4.79 Å². The summed E-state index contributed by atoms with van der Waals surface area (Å²) in [5.41, 5.74) is 1.09. The average molecular weight is 456 g/mol. The molecule has 0 atom stereocenters. The number of hydrogen-bond donors (Lipinski definition) is 0. The van der Waals surface area contributed by atoms with Crippen molar-refractivity contribution in [1.82, 2.24) is 35.3 Å². The second kappa shape index (κ2) is 10.3. The number of aromatic nitrogens is 6. The predicted octanol–water partition coefficient (Wildman–Crippen LogP) is 3.36. The van der Waals surface area contributed by atoms with E-state index in [1.807, 2.05) is 54.8 Å². The number of carbonyl (C=O) groups is 1. The highest BCUT2D eigenvalue weighted by atomic mass is 32.2. The number of nitrogens with zero attached hydrogens (tertiary/aromatic N) is 7. The lowest BCUT2D eigenvalue weighted by atomic mass is 10.2. The summed E-state index contributed by atoms with van der Waals surface area (Å²) in [4.78, 5) is 15.5. The van der Waals surface area contributed by atoms with E-state index in [2.05, 4.69) is 25.7 Å². The van der Waals surface area contributed by atoms with E-state index in [1.54, 1.807) is 9.58 Å². The quantitative estimate of drug-likeness (QED) is 0.335. The van der Waals surface area contributed by atoms with Gasteiger partial charge in [0.2, 0.25) is 17.0 Å². The minimum Gasteiger partial charge on any atom is -0.418 e. The normalized spacial score (nSPS) is 11.0. The molecule has 0 N–H and O–H groups in total. The van der Waals surface area contributed by atoms with Crippen molar-refractivity contribution in [3.8, 4) is 10.8 Å². The Hall–Kier alpha value is -3.05. The molecule has 0 fully saturated rings. The number of carbonyl (C=O) groups excluding carboxylic acids is 1. The molecule has 1 aromatic carbocycles. The molecule has 160 valence electrons. The van der Waals surface area contributed by atoms with Crippen LogP contribution in [-0.2, 0) is 17.9 Å². The number of benzene rings is 1. The van der Waals surface area contributed by atoms with Gasteiger partial charge in [-0.05, 0) is 33.9 Å². The van der Waals surface area contributed by atoms with E-state index in [-0.39, 0.29) is 18.2 Å². The molecule has 0 saturated carbocycles. The lowest BCUT2D eigenvalue weighted by Crippen LogP contribution is -2.33. The fourth-order valence-electron chi connectivity index (χ4n) is 2.92. The average Bonchev–Trinajstić information content (AvgIpc) is 3.54. The van der Waals surface area contributed by atoms with Crippen molar-refractivity contribution in [2.24, 2.45) is 0 Å². The van der Waals surface area contributed by atoms with Crippen molar-refractivity contribution >= 4 is 29.0 Å². The summed E-state index contributed by atoms with van der Waals surface area (Å²) in [7, 11) is 0. The molecule has 0 saturated heterocycles. The molecule has 3 aromatic heterocycles. The SMILES string of the molecule is CCCN(Cc1nnc(-c2cccs2)o1)C(=O)CSc1nnnn1Cc1ccccc1. The van der Waals surface area contributed by atoms with E-state index >= 15 is 0 Å². The van der Waals surface area contributed by atoms with Crippen LogP contribution in [0.1, 0.15) is 24.8 Å². The van der Waals surface area contributed by atoms with Crippen LogP contribution in [0.25, 0.3) is 10.8 Å². The van der Waals surface area contributed by atoms with Crippen molar-refractivity contribution in [3.05, 3.63) is 59.3 Å². The first kappa shape index (κ1) is 21.2. The zero-order valence-electron chi connectivity index (χ0n) is 16.9. The van der Waals surface area contributed by atoms with Crippen molar-refractivity contribution in [3.63, 3.8) is 0 Å². The molecule has 4 aromatic rings. The Labute approximate surface area is 187 Å². The van der Waals surface area contributed by atoms with Gasteiger partial charge in [0.25, 0.3) is 5.89 Å². The molecule has 4 rings (SSSR count). The maximum atomic E-state index is 12.9. The Morgan fingerprint density at radius 2 is 2.03 bits per heavy atom. The molecular formula is C20H21N7O2S2. The summed E-state index contributed by atoms with van der Waals surface area (Å²) < 4.78 is 7.44. The van der Waals surface area contributed by atoms with Gasteiger partial charge in [0.15, 0.2) is 0 Å². The first-order chi connectivity index (χ1) is 15.2. The van der Waals surface area contributed by atoms with Gasteiger partial charge in [0.1, 0.15) is 0 Å². The number of tetrazole rings is 1. The van der Waals surface area contributed by atoms with E-state index in [1.165, 1.54) is 23.1 Å². The lowest BCUT2D eigenvalue weighted by Gasteiger charge is -2.19. The van der Waals surface area contributed by atoms with Gasteiger partial charge >= 0.3 is 0 Å². The highest BCUT2D eigenvalue weighted by Gasteiger charge is 2.19. The van der Waals surface area contributed by atoms with Crippen LogP contribution in [0.3, 0.4) is 0 Å². The Balaban J connectivity index is 1.37. The van der Waals surface area contributed by atoms with Crippen molar-refractivity contribution in [1.29, 1.82) is 0 Å². The molecule has 0 bridgehead atoms. The zero-order chi connectivity index (χ0) is 21.5. The third-order valence-electron chi connectivity index (χ3n) is 4.37. The van der Waals surface area contributed by atoms with Gasteiger partial charge in [0, 0.05) is 6.54 Å². The maximum absolute atomic E-state index is 12.9. The Morgan fingerprint density at radius 1 is 1.16 bits per heavy atom. The standard InChI is InChI=1S/C20H21N7O2S2/c1-2-10-26(13-17-21-22-19(29-17)16-9-6-11-30-16)18(28)14-31-20-23-24-25-27(20)12-15-7-4-3-5-8-15/h3-9,11H,2,10,12-14H2,1H3. The molecule has 0 aliphatic heterocycles. The van der Waals surface area contributed by atoms with E-state index in [0.717, 1.165) is 16.9 Å². The molecule has 0 unspecified atom stereocenters. The maximum Gasteiger partial charge on any atom is 0.257 e. The van der Waals surface area contributed by atoms with Crippen LogP contribution in [0, 0.1) is 0 Å². The number of rotatable bonds is 10. The first-order valence-corrected chi connectivity index (χ1v) is 11.7. The molecule has 3 heterocycles. The number of hydrogen-bond acceptors (Lipinski definition) is 9. The Morgan fingerprint density at radius 3 is 2.81 bits per heavy atom. The van der Waals surface area contributed by atoms with Gasteiger partial charge < -0.3 is 9.32 Å². The van der Waals surface area contributed by atoms with E-state index in [0.29, 0.717) is 30.0 Å². The molecular weight excluding hydrogens is 434 g/mol. The minimum absolute atomic E-state index is 0.0306. The summed E-state index contributed by atoms with van der Waals surface area (Å²) in [5, 5.41) is 22.6. The molecule has 11 heteroatoms. The predicted molar refractivity (Wildman–Crippen MR) is 117 cm³/mol. The first-order valence-electron chi connectivity index (χ1n) is 9.80. The number of thiophene rings is 1. The van der Waals surface area contributed by atoms with Crippen LogP contribution >= 0.6 is 23.1 Å². The molecule has 31 heavy (non-hydrogen) atoms. The van der Waals surface area contributed by atoms with Crippen molar-refractivity contribution in [2.45, 2.75) is 31.6 Å². The second-order valence-electron chi connectivity index (χ2n) is 6.69. The highest BCUT2D eigenvalue weighted by Crippen LogP contribution is 2.23. The van der Waals surface area contributed by atoms with Crippen LogP contribution in [-0.4, -0.2) is 53.5 Å². The van der Waals surface area contributed by atoms with E-state index in [4.69, 9.17) is 4.42 Å².